The monoisotopic (exact) mass is 331 g/mol. The van der Waals surface area contributed by atoms with E-state index in [0.717, 1.165) is 23.5 Å². The van der Waals surface area contributed by atoms with Crippen LogP contribution in [0.4, 0.5) is 13.2 Å². The molecule has 0 amide bonds. The molecule has 2 aromatic rings. The molecular weight excluding hydrogens is 319 g/mol. The first kappa shape index (κ1) is 16.3. The zero-order chi connectivity index (χ0) is 16.3. The Morgan fingerprint density at radius 1 is 1.36 bits per heavy atom. The summed E-state index contributed by atoms with van der Waals surface area (Å²) in [7, 11) is 0. The van der Waals surface area contributed by atoms with Crippen LogP contribution in [0.2, 0.25) is 0 Å². The van der Waals surface area contributed by atoms with Crippen molar-refractivity contribution in [2.24, 2.45) is 0 Å². The topological polar surface area (TPSA) is 48.4 Å². The SMILES string of the molecule is CCOC(=O)c1sc(C)nc1Oc1cccc(C(F)(F)F)c1. The van der Waals surface area contributed by atoms with Crippen LogP contribution in [0.15, 0.2) is 24.3 Å². The normalized spacial score (nSPS) is 11.3. The van der Waals surface area contributed by atoms with Gasteiger partial charge in [0.15, 0.2) is 4.88 Å². The molecule has 0 radical (unpaired) electrons. The molecule has 0 aliphatic carbocycles. The third kappa shape index (κ3) is 3.76. The molecule has 0 saturated heterocycles. The van der Waals surface area contributed by atoms with Gasteiger partial charge >= 0.3 is 12.1 Å². The van der Waals surface area contributed by atoms with E-state index in [1.54, 1.807) is 13.8 Å². The number of nitrogens with zero attached hydrogens (tertiary/aromatic N) is 1. The van der Waals surface area contributed by atoms with Crippen molar-refractivity contribution >= 4 is 17.3 Å². The van der Waals surface area contributed by atoms with E-state index < -0.39 is 17.7 Å². The van der Waals surface area contributed by atoms with Crippen LogP contribution in [0.1, 0.15) is 27.2 Å². The van der Waals surface area contributed by atoms with E-state index in [2.05, 4.69) is 4.98 Å². The summed E-state index contributed by atoms with van der Waals surface area (Å²) in [5, 5.41) is 0.546. The summed E-state index contributed by atoms with van der Waals surface area (Å²) in [5.41, 5.74) is -0.838. The Labute approximate surface area is 128 Å². The molecule has 1 aromatic heterocycles. The van der Waals surface area contributed by atoms with Gasteiger partial charge in [-0.1, -0.05) is 6.07 Å². The number of aromatic nitrogens is 1. The summed E-state index contributed by atoms with van der Waals surface area (Å²) in [4.78, 5) is 15.9. The number of benzene rings is 1. The molecule has 0 spiro atoms. The van der Waals surface area contributed by atoms with Crippen molar-refractivity contribution in [2.75, 3.05) is 6.61 Å². The number of esters is 1. The smallest absolute Gasteiger partial charge is 0.416 e. The molecule has 0 saturated carbocycles. The lowest BCUT2D eigenvalue weighted by atomic mass is 10.2. The van der Waals surface area contributed by atoms with Crippen LogP contribution in [-0.2, 0) is 10.9 Å². The maximum Gasteiger partial charge on any atom is 0.416 e. The zero-order valence-corrected chi connectivity index (χ0v) is 12.5. The summed E-state index contributed by atoms with van der Waals surface area (Å²) in [5.74, 6) is -0.721. The predicted octanol–water partition coefficient (Wildman–Crippen LogP) is 4.44. The predicted molar refractivity (Wildman–Crippen MR) is 74.3 cm³/mol. The lowest BCUT2D eigenvalue weighted by molar-refractivity contribution is -0.137. The lowest BCUT2D eigenvalue weighted by Gasteiger charge is -2.09. The van der Waals surface area contributed by atoms with Gasteiger partial charge in [0.05, 0.1) is 17.2 Å². The minimum absolute atomic E-state index is 0.0503. The molecule has 0 fully saturated rings. The molecule has 4 nitrogen and oxygen atoms in total. The molecule has 0 aliphatic rings. The van der Waals surface area contributed by atoms with E-state index in [4.69, 9.17) is 9.47 Å². The summed E-state index contributed by atoms with van der Waals surface area (Å²) in [6.45, 7) is 3.49. The van der Waals surface area contributed by atoms with Crippen LogP contribution in [-0.4, -0.2) is 17.6 Å². The van der Waals surface area contributed by atoms with Gasteiger partial charge in [-0.2, -0.15) is 13.2 Å². The van der Waals surface area contributed by atoms with Crippen LogP contribution >= 0.6 is 11.3 Å². The second kappa shape index (κ2) is 6.35. The number of carbonyl (C=O) groups is 1. The fraction of sp³-hybridized carbons (Fsp3) is 0.286. The Balaban J connectivity index is 2.30. The highest BCUT2D eigenvalue weighted by molar-refractivity contribution is 7.13. The summed E-state index contributed by atoms with van der Waals surface area (Å²) in [6, 6.07) is 4.37. The third-order valence-electron chi connectivity index (χ3n) is 2.54. The van der Waals surface area contributed by atoms with Gasteiger partial charge < -0.3 is 9.47 Å². The standard InChI is InChI=1S/C14H12F3NO3S/c1-3-20-13(19)11-12(18-8(2)22-11)21-10-6-4-5-9(7-10)14(15,16)17/h4-7H,3H2,1-2H3. The van der Waals surface area contributed by atoms with E-state index in [0.29, 0.717) is 5.01 Å². The summed E-state index contributed by atoms with van der Waals surface area (Å²) >= 11 is 1.06. The van der Waals surface area contributed by atoms with Gasteiger partial charge in [0.25, 0.3) is 0 Å². The number of hydrogen-bond donors (Lipinski definition) is 0. The minimum atomic E-state index is -4.47. The summed E-state index contributed by atoms with van der Waals surface area (Å²) < 4.78 is 48.2. The number of aryl methyl sites for hydroxylation is 1. The number of carbonyl (C=O) groups excluding carboxylic acids is 1. The maximum absolute atomic E-state index is 12.7. The molecule has 0 unspecified atom stereocenters. The van der Waals surface area contributed by atoms with Crippen molar-refractivity contribution in [3.63, 3.8) is 0 Å². The van der Waals surface area contributed by atoms with Gasteiger partial charge in [0, 0.05) is 0 Å². The number of alkyl halides is 3. The van der Waals surface area contributed by atoms with Gasteiger partial charge in [-0.05, 0) is 32.0 Å². The number of hydrogen-bond acceptors (Lipinski definition) is 5. The van der Waals surface area contributed by atoms with Crippen LogP contribution in [0, 0.1) is 6.92 Å². The van der Waals surface area contributed by atoms with Crippen molar-refractivity contribution in [2.45, 2.75) is 20.0 Å². The first-order chi connectivity index (χ1) is 10.3. The molecule has 1 aromatic carbocycles. The first-order valence-corrected chi connectivity index (χ1v) is 7.12. The van der Waals surface area contributed by atoms with Crippen LogP contribution in [0.3, 0.4) is 0 Å². The van der Waals surface area contributed by atoms with Crippen molar-refractivity contribution in [1.82, 2.24) is 4.98 Å². The molecule has 1 heterocycles. The molecule has 8 heteroatoms. The Morgan fingerprint density at radius 3 is 2.73 bits per heavy atom. The number of ether oxygens (including phenoxy) is 2. The molecule has 0 bridgehead atoms. The average molecular weight is 331 g/mol. The number of rotatable bonds is 4. The van der Waals surface area contributed by atoms with Crippen molar-refractivity contribution in [3.05, 3.63) is 39.7 Å². The van der Waals surface area contributed by atoms with Crippen molar-refractivity contribution < 1.29 is 27.4 Å². The van der Waals surface area contributed by atoms with E-state index in [9.17, 15) is 18.0 Å². The second-order valence-electron chi connectivity index (χ2n) is 4.22. The minimum Gasteiger partial charge on any atom is -0.462 e. The first-order valence-electron chi connectivity index (χ1n) is 6.31. The second-order valence-corrected chi connectivity index (χ2v) is 5.42. The van der Waals surface area contributed by atoms with E-state index in [1.807, 2.05) is 0 Å². The number of thiazole rings is 1. The molecule has 2 rings (SSSR count). The van der Waals surface area contributed by atoms with Crippen LogP contribution < -0.4 is 4.74 Å². The molecular formula is C14H12F3NO3S. The van der Waals surface area contributed by atoms with Gasteiger partial charge in [-0.15, -0.1) is 11.3 Å². The Bertz CT molecular complexity index is 682. The Morgan fingerprint density at radius 2 is 2.09 bits per heavy atom. The lowest BCUT2D eigenvalue weighted by Crippen LogP contribution is -2.06. The molecule has 0 N–H and O–H groups in total. The fourth-order valence-electron chi connectivity index (χ4n) is 1.65. The molecule has 118 valence electrons. The largest absolute Gasteiger partial charge is 0.462 e. The van der Waals surface area contributed by atoms with Crippen LogP contribution in [0.25, 0.3) is 0 Å². The average Bonchev–Trinajstić information content (AvgIpc) is 2.79. The summed E-state index contributed by atoms with van der Waals surface area (Å²) in [6.07, 6.45) is -4.47. The Hall–Kier alpha value is -2.09. The Kier molecular flexibility index (Phi) is 4.70. The van der Waals surface area contributed by atoms with E-state index in [-0.39, 0.29) is 23.1 Å². The van der Waals surface area contributed by atoms with E-state index in [1.165, 1.54) is 12.1 Å². The molecule has 22 heavy (non-hydrogen) atoms. The number of halogens is 3. The molecule has 0 atom stereocenters. The third-order valence-corrected chi connectivity index (χ3v) is 3.47. The highest BCUT2D eigenvalue weighted by atomic mass is 32.1. The van der Waals surface area contributed by atoms with Crippen LogP contribution in [0.5, 0.6) is 11.6 Å². The van der Waals surface area contributed by atoms with E-state index >= 15 is 0 Å². The highest BCUT2D eigenvalue weighted by Gasteiger charge is 2.31. The fourth-order valence-corrected chi connectivity index (χ4v) is 2.39. The molecule has 0 aliphatic heterocycles. The van der Waals surface area contributed by atoms with Gasteiger partial charge in [-0.25, -0.2) is 9.78 Å². The van der Waals surface area contributed by atoms with Crippen molar-refractivity contribution in [3.8, 4) is 11.6 Å². The zero-order valence-electron chi connectivity index (χ0n) is 11.7. The van der Waals surface area contributed by atoms with Gasteiger partial charge in [0.2, 0.25) is 5.88 Å². The van der Waals surface area contributed by atoms with Crippen molar-refractivity contribution in [1.29, 1.82) is 0 Å². The highest BCUT2D eigenvalue weighted by Crippen LogP contribution is 2.34. The van der Waals surface area contributed by atoms with Gasteiger partial charge in [0.1, 0.15) is 5.75 Å². The van der Waals surface area contributed by atoms with Gasteiger partial charge in [-0.3, -0.25) is 0 Å². The quantitative estimate of drug-likeness (QED) is 0.777. The maximum atomic E-state index is 12.7.